The smallest absolute Gasteiger partial charge is 0.309 e. The molecule has 0 aliphatic rings. The van der Waals surface area contributed by atoms with Crippen molar-refractivity contribution in [1.29, 1.82) is 0 Å². The van der Waals surface area contributed by atoms with Crippen LogP contribution in [0, 0.1) is 0 Å². The Morgan fingerprint density at radius 1 is 0.577 bits per heavy atom. The minimum absolute atomic E-state index is 0.833. The standard InChI is InChI=1S/C20H14S2.CH4N2O/c1-3-11-17-15(7-1)9-5-13-19(17)21-22-20-14-6-10-16-8-2-4-12-18(16)20;2-1(3)4/h1-14H;(H4,2,3,4). The predicted molar refractivity (Wildman–Crippen MR) is 113 cm³/mol. The number of nitrogens with two attached hydrogens (primary N) is 2. The number of hydrogen-bond donors (Lipinski definition) is 2. The normalized spacial score (nSPS) is 10.3. The van der Waals surface area contributed by atoms with Crippen molar-refractivity contribution in [3.05, 3.63) is 84.9 Å². The third kappa shape index (κ3) is 4.50. The molecule has 3 nitrogen and oxygen atoms in total. The first kappa shape index (κ1) is 18.2. The molecule has 26 heavy (non-hydrogen) atoms. The summed E-state index contributed by atoms with van der Waals surface area (Å²) in [6.07, 6.45) is 0. The van der Waals surface area contributed by atoms with Gasteiger partial charge in [-0.3, -0.25) is 0 Å². The van der Waals surface area contributed by atoms with Crippen molar-refractivity contribution in [2.75, 3.05) is 0 Å². The van der Waals surface area contributed by atoms with Crippen LogP contribution >= 0.6 is 21.6 Å². The van der Waals surface area contributed by atoms with E-state index >= 15 is 0 Å². The van der Waals surface area contributed by atoms with Gasteiger partial charge < -0.3 is 11.5 Å². The van der Waals surface area contributed by atoms with E-state index in [1.54, 1.807) is 0 Å². The zero-order valence-electron chi connectivity index (χ0n) is 14.0. The summed E-state index contributed by atoms with van der Waals surface area (Å²) in [6.45, 7) is 0. The van der Waals surface area contributed by atoms with E-state index in [0.717, 1.165) is 0 Å². The van der Waals surface area contributed by atoms with Crippen LogP contribution in [0.25, 0.3) is 21.5 Å². The zero-order valence-corrected chi connectivity index (χ0v) is 15.6. The average molecular weight is 379 g/mol. The highest BCUT2D eigenvalue weighted by molar-refractivity contribution is 8.76. The van der Waals surface area contributed by atoms with Gasteiger partial charge in [-0.15, -0.1) is 0 Å². The zero-order chi connectivity index (χ0) is 18.4. The van der Waals surface area contributed by atoms with E-state index in [4.69, 9.17) is 4.79 Å². The molecule has 0 saturated carbocycles. The van der Waals surface area contributed by atoms with Gasteiger partial charge in [-0.05, 0) is 33.7 Å². The molecule has 4 N–H and O–H groups in total. The van der Waals surface area contributed by atoms with Crippen molar-refractivity contribution in [3.8, 4) is 0 Å². The highest BCUT2D eigenvalue weighted by Crippen LogP contribution is 2.42. The van der Waals surface area contributed by atoms with Gasteiger partial charge in [0.05, 0.1) is 0 Å². The third-order valence-electron chi connectivity index (χ3n) is 3.72. The van der Waals surface area contributed by atoms with Gasteiger partial charge in [0.25, 0.3) is 0 Å². The topological polar surface area (TPSA) is 69.1 Å². The molecule has 0 aliphatic carbocycles. The van der Waals surface area contributed by atoms with Gasteiger partial charge in [0.1, 0.15) is 0 Å². The summed E-state index contributed by atoms with van der Waals surface area (Å²) in [7, 11) is 3.67. The fourth-order valence-electron chi connectivity index (χ4n) is 2.63. The van der Waals surface area contributed by atoms with E-state index in [2.05, 4.69) is 96.4 Å². The minimum Gasteiger partial charge on any atom is -0.352 e. The molecule has 130 valence electrons. The molecule has 5 heteroatoms. The lowest BCUT2D eigenvalue weighted by Crippen LogP contribution is -2.18. The minimum atomic E-state index is -0.833. The Balaban J connectivity index is 0.000000447. The fraction of sp³-hybridized carbons (Fsp3) is 0. The van der Waals surface area contributed by atoms with E-state index < -0.39 is 6.03 Å². The number of urea groups is 1. The molecule has 0 bridgehead atoms. The number of hydrogen-bond acceptors (Lipinski definition) is 3. The van der Waals surface area contributed by atoms with Crippen LogP contribution in [0.4, 0.5) is 4.79 Å². The number of rotatable bonds is 3. The summed E-state index contributed by atoms with van der Waals surface area (Å²) in [6, 6.07) is 29.3. The SMILES string of the molecule is NC(N)=O.c1ccc2c(SSc3cccc4ccccc34)cccc2c1. The molecular formula is C21H18N2OS2. The molecule has 0 radical (unpaired) electrons. The van der Waals surface area contributed by atoms with Crippen LogP contribution in [0.15, 0.2) is 94.7 Å². The Labute approximate surface area is 160 Å². The van der Waals surface area contributed by atoms with Gasteiger partial charge in [0, 0.05) is 9.79 Å². The third-order valence-corrected chi connectivity index (χ3v) is 6.20. The van der Waals surface area contributed by atoms with Crippen LogP contribution in [-0.2, 0) is 0 Å². The maximum Gasteiger partial charge on any atom is 0.309 e. The molecule has 0 aromatic heterocycles. The maximum absolute atomic E-state index is 9.00. The van der Waals surface area contributed by atoms with Crippen molar-refractivity contribution >= 4 is 49.2 Å². The van der Waals surface area contributed by atoms with Crippen molar-refractivity contribution < 1.29 is 4.79 Å². The Morgan fingerprint density at radius 2 is 0.923 bits per heavy atom. The molecule has 2 amide bonds. The summed E-state index contributed by atoms with van der Waals surface area (Å²) < 4.78 is 0. The molecule has 4 aromatic rings. The van der Waals surface area contributed by atoms with Crippen LogP contribution in [0.5, 0.6) is 0 Å². The first-order valence-corrected chi connectivity index (χ1v) is 10.1. The van der Waals surface area contributed by atoms with Gasteiger partial charge in [-0.25, -0.2) is 4.79 Å². The van der Waals surface area contributed by atoms with Gasteiger partial charge >= 0.3 is 6.03 Å². The first-order chi connectivity index (χ1) is 12.6. The molecule has 0 heterocycles. The number of amides is 2. The Bertz CT molecular complexity index is 956. The van der Waals surface area contributed by atoms with Crippen molar-refractivity contribution in [1.82, 2.24) is 0 Å². The van der Waals surface area contributed by atoms with Crippen molar-refractivity contribution in [3.63, 3.8) is 0 Å². The highest BCUT2D eigenvalue weighted by atomic mass is 33.1. The second-order valence-electron chi connectivity index (χ2n) is 5.52. The summed E-state index contributed by atoms with van der Waals surface area (Å²) in [5.41, 5.74) is 8.50. The molecule has 0 fully saturated rings. The van der Waals surface area contributed by atoms with E-state index in [9.17, 15) is 0 Å². The summed E-state index contributed by atoms with van der Waals surface area (Å²) in [4.78, 5) is 11.6. The lowest BCUT2D eigenvalue weighted by atomic mass is 10.1. The lowest BCUT2D eigenvalue weighted by molar-refractivity contribution is 0.256. The molecule has 4 rings (SSSR count). The molecule has 4 aromatic carbocycles. The van der Waals surface area contributed by atoms with E-state index in [1.165, 1.54) is 31.3 Å². The summed E-state index contributed by atoms with van der Waals surface area (Å²) in [5.74, 6) is 0. The van der Waals surface area contributed by atoms with Crippen LogP contribution in [0.2, 0.25) is 0 Å². The van der Waals surface area contributed by atoms with Crippen LogP contribution in [0.3, 0.4) is 0 Å². The number of carbonyl (C=O) groups excluding carboxylic acids is 1. The van der Waals surface area contributed by atoms with Gasteiger partial charge in [-0.1, -0.05) is 94.4 Å². The molecule has 0 spiro atoms. The summed E-state index contributed by atoms with van der Waals surface area (Å²) in [5, 5.41) is 5.24. The Kier molecular flexibility index (Phi) is 6.04. The molecule has 0 aliphatic heterocycles. The molecule has 0 saturated heterocycles. The van der Waals surface area contributed by atoms with Crippen LogP contribution < -0.4 is 11.5 Å². The highest BCUT2D eigenvalue weighted by Gasteiger charge is 2.05. The molecular weight excluding hydrogens is 360 g/mol. The largest absolute Gasteiger partial charge is 0.352 e. The summed E-state index contributed by atoms with van der Waals surface area (Å²) >= 11 is 0. The molecule has 0 unspecified atom stereocenters. The number of benzene rings is 4. The number of carbonyl (C=O) groups is 1. The Morgan fingerprint density at radius 3 is 1.35 bits per heavy atom. The average Bonchev–Trinajstić information content (AvgIpc) is 2.66. The van der Waals surface area contributed by atoms with Gasteiger partial charge in [-0.2, -0.15) is 0 Å². The molecule has 0 atom stereocenters. The van der Waals surface area contributed by atoms with Gasteiger partial charge in [0.2, 0.25) is 0 Å². The van der Waals surface area contributed by atoms with Crippen LogP contribution in [-0.4, -0.2) is 6.03 Å². The number of primary amides is 2. The van der Waals surface area contributed by atoms with E-state index in [-0.39, 0.29) is 0 Å². The second-order valence-corrected chi connectivity index (χ2v) is 7.74. The first-order valence-electron chi connectivity index (χ1n) is 8.00. The monoisotopic (exact) mass is 378 g/mol. The second kappa shape index (κ2) is 8.65. The Hall–Kier alpha value is -2.63. The van der Waals surface area contributed by atoms with E-state index in [0.29, 0.717) is 0 Å². The maximum atomic E-state index is 9.00. The van der Waals surface area contributed by atoms with E-state index in [1.807, 2.05) is 21.6 Å². The van der Waals surface area contributed by atoms with Crippen molar-refractivity contribution in [2.45, 2.75) is 9.79 Å². The fourth-order valence-corrected chi connectivity index (χ4v) is 5.04. The number of fused-ring (bicyclic) bond motifs is 2. The quantitative estimate of drug-likeness (QED) is 0.442. The lowest BCUT2D eigenvalue weighted by Gasteiger charge is -2.08. The van der Waals surface area contributed by atoms with Crippen molar-refractivity contribution in [2.24, 2.45) is 11.5 Å². The van der Waals surface area contributed by atoms with Crippen LogP contribution in [0.1, 0.15) is 0 Å². The van der Waals surface area contributed by atoms with Gasteiger partial charge in [0.15, 0.2) is 0 Å². The predicted octanol–water partition coefficient (Wildman–Crippen LogP) is 5.82.